The molecule has 1 heterocycles. The van der Waals surface area contributed by atoms with Crippen molar-refractivity contribution >= 4 is 29.9 Å². The number of hydrogen-bond acceptors (Lipinski definition) is 3. The lowest BCUT2D eigenvalue weighted by Gasteiger charge is -2.38. The molecular weight excluding hydrogens is 425 g/mol. The maximum absolute atomic E-state index is 4.40. The first-order valence-corrected chi connectivity index (χ1v) is 9.02. The molecule has 0 radical (unpaired) electrons. The van der Waals surface area contributed by atoms with Gasteiger partial charge in [-0.25, -0.2) is 0 Å². The van der Waals surface area contributed by atoms with Crippen LogP contribution in [0.15, 0.2) is 35.3 Å². The molecule has 1 aromatic carbocycles. The van der Waals surface area contributed by atoms with Crippen LogP contribution in [0.2, 0.25) is 0 Å². The molecule has 0 bridgehead atoms. The Hall–Kier alpha value is -0.860. The first kappa shape index (κ1) is 20.5. The van der Waals surface area contributed by atoms with Crippen LogP contribution >= 0.6 is 24.0 Å². The first-order chi connectivity index (χ1) is 11.6. The highest BCUT2D eigenvalue weighted by molar-refractivity contribution is 14.0. The molecule has 2 aliphatic rings. The van der Waals surface area contributed by atoms with E-state index in [0.717, 1.165) is 38.7 Å². The second-order valence-corrected chi connectivity index (χ2v) is 7.35. The minimum Gasteiger partial charge on any atom is -0.356 e. The molecule has 1 aliphatic carbocycles. The van der Waals surface area contributed by atoms with Crippen molar-refractivity contribution in [3.05, 3.63) is 35.9 Å². The average molecular weight is 457 g/mol. The van der Waals surface area contributed by atoms with Gasteiger partial charge in [-0.05, 0) is 32.5 Å². The van der Waals surface area contributed by atoms with Crippen molar-refractivity contribution in [2.24, 2.45) is 4.99 Å². The van der Waals surface area contributed by atoms with Crippen molar-refractivity contribution in [3.8, 4) is 0 Å². The average Bonchev–Trinajstić information content (AvgIpc) is 3.40. The summed E-state index contributed by atoms with van der Waals surface area (Å²) in [6.07, 6.45) is 2.52. The van der Waals surface area contributed by atoms with Crippen LogP contribution in [-0.4, -0.2) is 75.7 Å². The summed E-state index contributed by atoms with van der Waals surface area (Å²) in [5.74, 6) is 0.916. The summed E-state index contributed by atoms with van der Waals surface area (Å²) in [6.45, 7) is 5.27. The number of nitrogens with one attached hydrogen (secondary N) is 2. The third-order valence-corrected chi connectivity index (χ3v) is 5.54. The van der Waals surface area contributed by atoms with E-state index in [2.05, 4.69) is 69.9 Å². The number of guanidine groups is 1. The fourth-order valence-corrected chi connectivity index (χ4v) is 3.52. The van der Waals surface area contributed by atoms with E-state index < -0.39 is 0 Å². The predicted octanol–water partition coefficient (Wildman–Crippen LogP) is 1.75. The Balaban J connectivity index is 0.00000225. The van der Waals surface area contributed by atoms with E-state index in [1.54, 1.807) is 0 Å². The van der Waals surface area contributed by atoms with Gasteiger partial charge in [-0.3, -0.25) is 9.89 Å². The van der Waals surface area contributed by atoms with Gasteiger partial charge in [0, 0.05) is 51.2 Å². The van der Waals surface area contributed by atoms with Crippen molar-refractivity contribution in [2.45, 2.75) is 24.3 Å². The summed E-state index contributed by atoms with van der Waals surface area (Å²) in [4.78, 5) is 9.24. The van der Waals surface area contributed by atoms with E-state index in [0.29, 0.717) is 11.5 Å². The van der Waals surface area contributed by atoms with E-state index in [4.69, 9.17) is 0 Å². The molecule has 1 atom stereocenters. The minimum atomic E-state index is 0. The third kappa shape index (κ3) is 5.31. The van der Waals surface area contributed by atoms with Gasteiger partial charge < -0.3 is 15.5 Å². The zero-order valence-electron chi connectivity index (χ0n) is 15.7. The van der Waals surface area contributed by atoms with Crippen LogP contribution in [0.25, 0.3) is 0 Å². The molecule has 5 nitrogen and oxygen atoms in total. The Kier molecular flexibility index (Phi) is 7.51. The van der Waals surface area contributed by atoms with Gasteiger partial charge in [0.2, 0.25) is 0 Å². The Morgan fingerprint density at radius 1 is 1.16 bits per heavy atom. The van der Waals surface area contributed by atoms with Crippen molar-refractivity contribution in [1.29, 1.82) is 0 Å². The molecule has 2 N–H and O–H groups in total. The van der Waals surface area contributed by atoms with Gasteiger partial charge in [0.05, 0.1) is 0 Å². The molecule has 140 valence electrons. The van der Waals surface area contributed by atoms with Crippen LogP contribution < -0.4 is 10.6 Å². The molecule has 3 rings (SSSR count). The molecule has 0 spiro atoms. The lowest BCUT2D eigenvalue weighted by atomic mass is 9.96. The summed E-state index contributed by atoms with van der Waals surface area (Å²) in [5.41, 5.74) is 1.75. The van der Waals surface area contributed by atoms with Gasteiger partial charge >= 0.3 is 0 Å². The Labute approximate surface area is 169 Å². The van der Waals surface area contributed by atoms with Gasteiger partial charge in [-0.1, -0.05) is 30.3 Å². The normalized spacial score (nSPS) is 23.6. The number of nitrogens with zero attached hydrogens (tertiary/aromatic N) is 3. The van der Waals surface area contributed by atoms with Crippen LogP contribution in [0.1, 0.15) is 18.4 Å². The number of rotatable bonds is 5. The van der Waals surface area contributed by atoms with Gasteiger partial charge in [-0.2, -0.15) is 0 Å². The molecule has 25 heavy (non-hydrogen) atoms. The topological polar surface area (TPSA) is 42.9 Å². The molecule has 1 aliphatic heterocycles. The molecule has 1 saturated heterocycles. The number of halogens is 1. The molecule has 1 unspecified atom stereocenters. The molecular formula is C19H32IN5. The fraction of sp³-hybridized carbons (Fsp3) is 0.632. The number of likely N-dealkylation sites (N-methyl/N-ethyl adjacent to an activating group) is 2. The van der Waals surface area contributed by atoms with Crippen LogP contribution in [0.5, 0.6) is 0 Å². The van der Waals surface area contributed by atoms with Crippen molar-refractivity contribution < 1.29 is 0 Å². The van der Waals surface area contributed by atoms with Crippen LogP contribution in [-0.2, 0) is 5.41 Å². The van der Waals surface area contributed by atoms with E-state index in [1.807, 2.05) is 7.05 Å². The Morgan fingerprint density at radius 3 is 2.52 bits per heavy atom. The smallest absolute Gasteiger partial charge is 0.191 e. The number of piperazine rings is 1. The summed E-state index contributed by atoms with van der Waals surface area (Å²) in [7, 11) is 6.27. The molecule has 0 aromatic heterocycles. The van der Waals surface area contributed by atoms with Gasteiger partial charge in [0.1, 0.15) is 0 Å². The zero-order valence-corrected chi connectivity index (χ0v) is 18.0. The van der Waals surface area contributed by atoms with E-state index in [9.17, 15) is 0 Å². The predicted molar refractivity (Wildman–Crippen MR) is 116 cm³/mol. The quantitative estimate of drug-likeness (QED) is 0.402. The van der Waals surface area contributed by atoms with E-state index >= 15 is 0 Å². The van der Waals surface area contributed by atoms with Crippen LogP contribution in [0.3, 0.4) is 0 Å². The van der Waals surface area contributed by atoms with Crippen molar-refractivity contribution in [3.63, 3.8) is 0 Å². The minimum absolute atomic E-state index is 0. The highest BCUT2D eigenvalue weighted by Gasteiger charge is 2.44. The maximum atomic E-state index is 4.40. The van der Waals surface area contributed by atoms with Crippen molar-refractivity contribution in [2.75, 3.05) is 53.9 Å². The molecule has 2 fully saturated rings. The highest BCUT2D eigenvalue weighted by Crippen LogP contribution is 2.47. The number of hydrogen-bond donors (Lipinski definition) is 2. The largest absolute Gasteiger partial charge is 0.356 e. The standard InChI is InChI=1S/C19H31N5.HI/c1-20-18(21-13-17-14-23(2)11-12-24(17)3)22-15-19(9-10-19)16-7-5-4-6-8-16;/h4-8,17H,9-15H2,1-3H3,(H2,20,21,22);1H. The molecule has 0 amide bonds. The van der Waals surface area contributed by atoms with Gasteiger partial charge in [-0.15, -0.1) is 24.0 Å². The lowest BCUT2D eigenvalue weighted by molar-refractivity contribution is 0.116. The Bertz CT molecular complexity index is 558. The number of aliphatic imine (C=N–C) groups is 1. The molecule has 1 aromatic rings. The fourth-order valence-electron chi connectivity index (χ4n) is 3.52. The second-order valence-electron chi connectivity index (χ2n) is 7.35. The maximum Gasteiger partial charge on any atom is 0.191 e. The van der Waals surface area contributed by atoms with Crippen LogP contribution in [0, 0.1) is 0 Å². The second kappa shape index (κ2) is 9.19. The third-order valence-electron chi connectivity index (χ3n) is 5.54. The van der Waals surface area contributed by atoms with Crippen LogP contribution in [0.4, 0.5) is 0 Å². The molecule has 1 saturated carbocycles. The zero-order chi connectivity index (χ0) is 17.0. The SMILES string of the molecule is CN=C(NCC1CN(C)CCN1C)NCC1(c2ccccc2)CC1.I. The summed E-state index contributed by atoms with van der Waals surface area (Å²) < 4.78 is 0. The van der Waals surface area contributed by atoms with Gasteiger partial charge in [0.15, 0.2) is 5.96 Å². The summed E-state index contributed by atoms with van der Waals surface area (Å²) in [6, 6.07) is 11.4. The summed E-state index contributed by atoms with van der Waals surface area (Å²) in [5, 5.41) is 7.06. The highest BCUT2D eigenvalue weighted by atomic mass is 127. The number of benzene rings is 1. The lowest BCUT2D eigenvalue weighted by Crippen LogP contribution is -2.55. The monoisotopic (exact) mass is 457 g/mol. The van der Waals surface area contributed by atoms with Gasteiger partial charge in [0.25, 0.3) is 0 Å². The van der Waals surface area contributed by atoms with E-state index in [-0.39, 0.29) is 24.0 Å². The summed E-state index contributed by atoms with van der Waals surface area (Å²) >= 11 is 0. The van der Waals surface area contributed by atoms with E-state index in [1.165, 1.54) is 18.4 Å². The van der Waals surface area contributed by atoms with Crippen molar-refractivity contribution in [1.82, 2.24) is 20.4 Å². The molecule has 6 heteroatoms. The first-order valence-electron chi connectivity index (χ1n) is 9.02. The Morgan fingerprint density at radius 2 is 1.88 bits per heavy atom.